The lowest BCUT2D eigenvalue weighted by atomic mass is 10.2. The van der Waals surface area contributed by atoms with Crippen LogP contribution < -0.4 is 5.73 Å². The second-order valence-corrected chi connectivity index (χ2v) is 3.01. The summed E-state index contributed by atoms with van der Waals surface area (Å²) in [5.41, 5.74) is 6.94. The van der Waals surface area contributed by atoms with Crippen LogP contribution in [0.15, 0.2) is 24.4 Å². The Morgan fingerprint density at radius 2 is 2.27 bits per heavy atom. The lowest BCUT2D eigenvalue weighted by molar-refractivity contribution is -0.137. The zero-order valence-corrected chi connectivity index (χ0v) is 8.57. The highest BCUT2D eigenvalue weighted by molar-refractivity contribution is 5.85. The van der Waals surface area contributed by atoms with Crippen LogP contribution in [0.1, 0.15) is 0 Å². The van der Waals surface area contributed by atoms with E-state index in [2.05, 4.69) is 5.10 Å². The molecule has 1 heterocycles. The Morgan fingerprint density at radius 3 is 2.93 bits per heavy atom. The van der Waals surface area contributed by atoms with E-state index in [0.29, 0.717) is 5.69 Å². The van der Waals surface area contributed by atoms with Gasteiger partial charge in [-0.1, -0.05) is 0 Å². The third kappa shape index (κ3) is 2.19. The van der Waals surface area contributed by atoms with E-state index >= 15 is 0 Å². The van der Waals surface area contributed by atoms with Gasteiger partial charge in [0.1, 0.15) is 6.54 Å². The van der Waals surface area contributed by atoms with E-state index in [1.54, 1.807) is 18.3 Å². The van der Waals surface area contributed by atoms with Gasteiger partial charge in [-0.05, 0) is 18.2 Å². The number of nitrogen functional groups attached to an aromatic ring is 1. The molecule has 80 valence electrons. The molecule has 0 unspecified atom stereocenters. The van der Waals surface area contributed by atoms with Gasteiger partial charge >= 0.3 is 5.97 Å². The number of benzene rings is 1. The van der Waals surface area contributed by atoms with Gasteiger partial charge in [0.2, 0.25) is 0 Å². The third-order valence-electron chi connectivity index (χ3n) is 1.95. The largest absolute Gasteiger partial charge is 0.480 e. The maximum atomic E-state index is 10.5. The fourth-order valence-electron chi connectivity index (χ4n) is 1.34. The molecule has 1 aromatic carbocycles. The number of nitrogens with two attached hydrogens (primary N) is 1. The van der Waals surface area contributed by atoms with E-state index in [0.717, 1.165) is 10.9 Å². The molecule has 2 aromatic rings. The average Bonchev–Trinajstić information content (AvgIpc) is 2.47. The summed E-state index contributed by atoms with van der Waals surface area (Å²) in [4.78, 5) is 10.5. The van der Waals surface area contributed by atoms with E-state index in [9.17, 15) is 4.79 Å². The van der Waals surface area contributed by atoms with Crippen molar-refractivity contribution in [1.29, 1.82) is 0 Å². The first-order valence-electron chi connectivity index (χ1n) is 4.09. The number of carbonyl (C=O) groups is 1. The number of rotatable bonds is 2. The average molecular weight is 228 g/mol. The van der Waals surface area contributed by atoms with E-state index in [1.165, 1.54) is 4.68 Å². The molecule has 0 saturated carbocycles. The van der Waals surface area contributed by atoms with Gasteiger partial charge in [0.15, 0.2) is 0 Å². The van der Waals surface area contributed by atoms with Gasteiger partial charge in [0.05, 0.1) is 11.7 Å². The zero-order valence-electron chi connectivity index (χ0n) is 7.75. The standard InChI is InChI=1S/C9H9N3O2.ClH/c10-7-2-1-6-4-11-12(5-9(13)14)8(6)3-7;/h1-4H,5,10H2,(H,13,14);1H. The van der Waals surface area contributed by atoms with Crippen molar-refractivity contribution < 1.29 is 9.90 Å². The van der Waals surface area contributed by atoms with Crippen LogP contribution in [-0.2, 0) is 11.3 Å². The molecule has 15 heavy (non-hydrogen) atoms. The lowest BCUT2D eigenvalue weighted by Crippen LogP contribution is -2.09. The number of carboxylic acids is 1. The number of halogens is 1. The molecule has 3 N–H and O–H groups in total. The summed E-state index contributed by atoms with van der Waals surface area (Å²) in [5.74, 6) is -0.919. The first kappa shape index (κ1) is 11.3. The smallest absolute Gasteiger partial charge is 0.325 e. The molecular weight excluding hydrogens is 218 g/mol. The van der Waals surface area contributed by atoms with E-state index in [4.69, 9.17) is 10.8 Å². The van der Waals surface area contributed by atoms with Crippen LogP contribution in [-0.4, -0.2) is 20.9 Å². The second-order valence-electron chi connectivity index (χ2n) is 3.01. The van der Waals surface area contributed by atoms with E-state index in [-0.39, 0.29) is 19.0 Å². The third-order valence-corrected chi connectivity index (χ3v) is 1.95. The van der Waals surface area contributed by atoms with Crippen molar-refractivity contribution in [3.8, 4) is 0 Å². The maximum absolute atomic E-state index is 10.5. The van der Waals surface area contributed by atoms with Gasteiger partial charge in [0.25, 0.3) is 0 Å². The predicted octanol–water partition coefficient (Wildman–Crippen LogP) is 1.12. The maximum Gasteiger partial charge on any atom is 0.325 e. The Morgan fingerprint density at radius 1 is 1.53 bits per heavy atom. The van der Waals surface area contributed by atoms with E-state index < -0.39 is 5.97 Å². The summed E-state index contributed by atoms with van der Waals surface area (Å²) >= 11 is 0. The van der Waals surface area contributed by atoms with Gasteiger partial charge in [-0.15, -0.1) is 12.4 Å². The molecule has 0 atom stereocenters. The summed E-state index contributed by atoms with van der Waals surface area (Å²) in [5, 5.41) is 13.5. The number of anilines is 1. The number of aromatic nitrogens is 2. The molecule has 0 saturated heterocycles. The monoisotopic (exact) mass is 227 g/mol. The molecule has 2 rings (SSSR count). The number of hydrogen-bond donors (Lipinski definition) is 2. The van der Waals surface area contributed by atoms with Crippen molar-refractivity contribution in [2.24, 2.45) is 0 Å². The van der Waals surface area contributed by atoms with Gasteiger partial charge < -0.3 is 10.8 Å². The van der Waals surface area contributed by atoms with Crippen molar-refractivity contribution in [2.45, 2.75) is 6.54 Å². The minimum Gasteiger partial charge on any atom is -0.480 e. The molecule has 0 bridgehead atoms. The first-order chi connectivity index (χ1) is 6.66. The van der Waals surface area contributed by atoms with Crippen LogP contribution in [0.25, 0.3) is 10.9 Å². The minimum atomic E-state index is -0.919. The molecule has 0 aliphatic carbocycles. The molecule has 0 aliphatic rings. The van der Waals surface area contributed by atoms with Crippen LogP contribution in [0.4, 0.5) is 5.69 Å². The van der Waals surface area contributed by atoms with E-state index in [1.807, 2.05) is 6.07 Å². The predicted molar refractivity (Wildman–Crippen MR) is 59.0 cm³/mol. The number of fused-ring (bicyclic) bond motifs is 1. The summed E-state index contributed by atoms with van der Waals surface area (Å²) in [7, 11) is 0. The molecule has 0 aliphatic heterocycles. The van der Waals surface area contributed by atoms with Crippen LogP contribution in [0.3, 0.4) is 0 Å². The summed E-state index contributed by atoms with van der Waals surface area (Å²) in [6.07, 6.45) is 1.62. The molecule has 5 nitrogen and oxygen atoms in total. The number of hydrogen-bond acceptors (Lipinski definition) is 3. The molecule has 1 aromatic heterocycles. The second kappa shape index (κ2) is 4.18. The Kier molecular flexibility index (Phi) is 3.16. The van der Waals surface area contributed by atoms with Gasteiger partial charge in [0, 0.05) is 11.1 Å². The summed E-state index contributed by atoms with van der Waals surface area (Å²) in [6.45, 7) is -0.146. The van der Waals surface area contributed by atoms with Gasteiger partial charge in [-0.2, -0.15) is 5.10 Å². The Balaban J connectivity index is 0.00000112. The fraction of sp³-hybridized carbons (Fsp3) is 0.111. The molecule has 0 fully saturated rings. The highest BCUT2D eigenvalue weighted by Crippen LogP contribution is 2.16. The lowest BCUT2D eigenvalue weighted by Gasteiger charge is -1.99. The van der Waals surface area contributed by atoms with Crippen molar-refractivity contribution in [1.82, 2.24) is 9.78 Å². The molecule has 0 amide bonds. The Labute approximate surface area is 91.9 Å². The normalized spacial score (nSPS) is 9.87. The van der Waals surface area contributed by atoms with Crippen molar-refractivity contribution in [2.75, 3.05) is 5.73 Å². The minimum absolute atomic E-state index is 0. The highest BCUT2D eigenvalue weighted by Gasteiger charge is 2.05. The van der Waals surface area contributed by atoms with Crippen molar-refractivity contribution in [3.05, 3.63) is 24.4 Å². The number of nitrogens with zero attached hydrogens (tertiary/aromatic N) is 2. The van der Waals surface area contributed by atoms with Crippen molar-refractivity contribution >= 4 is 35.0 Å². The van der Waals surface area contributed by atoms with Crippen LogP contribution >= 0.6 is 12.4 Å². The van der Waals surface area contributed by atoms with Crippen LogP contribution in [0.5, 0.6) is 0 Å². The SMILES string of the molecule is Cl.Nc1ccc2cnn(CC(=O)O)c2c1. The summed E-state index contributed by atoms with van der Waals surface area (Å²) in [6, 6.07) is 5.29. The molecular formula is C9H10ClN3O2. The quantitative estimate of drug-likeness (QED) is 0.754. The molecule has 0 radical (unpaired) electrons. The topological polar surface area (TPSA) is 81.1 Å². The fourth-order valence-corrected chi connectivity index (χ4v) is 1.34. The number of carboxylic acid groups (broad SMARTS) is 1. The van der Waals surface area contributed by atoms with Crippen LogP contribution in [0.2, 0.25) is 0 Å². The van der Waals surface area contributed by atoms with Crippen LogP contribution in [0, 0.1) is 0 Å². The van der Waals surface area contributed by atoms with Crippen molar-refractivity contribution in [3.63, 3.8) is 0 Å². The highest BCUT2D eigenvalue weighted by atomic mass is 35.5. The van der Waals surface area contributed by atoms with Gasteiger partial charge in [-0.25, -0.2) is 0 Å². The number of aliphatic carboxylic acids is 1. The Hall–Kier alpha value is -1.75. The molecule has 6 heteroatoms. The molecule has 0 spiro atoms. The van der Waals surface area contributed by atoms with Gasteiger partial charge in [-0.3, -0.25) is 9.48 Å². The summed E-state index contributed by atoms with van der Waals surface area (Å²) < 4.78 is 1.41. The Bertz CT molecular complexity index is 495. The first-order valence-corrected chi connectivity index (χ1v) is 4.09. The zero-order chi connectivity index (χ0) is 10.1.